The first-order valence-electron chi connectivity index (χ1n) is 11.6. The number of fused-ring (bicyclic) bond motifs is 1. The minimum Gasteiger partial charge on any atom is -0.493 e. The molecule has 6 nitrogen and oxygen atoms in total. The molecular weight excluding hydrogens is 498 g/mol. The van der Waals surface area contributed by atoms with Crippen LogP contribution in [0.15, 0.2) is 77.0 Å². The summed E-state index contributed by atoms with van der Waals surface area (Å²) in [6.07, 6.45) is 1.89. The van der Waals surface area contributed by atoms with Gasteiger partial charge in [-0.3, -0.25) is 14.4 Å². The highest BCUT2D eigenvalue weighted by molar-refractivity contribution is 7.10. The highest BCUT2D eigenvalue weighted by atomic mass is 32.1. The first-order chi connectivity index (χ1) is 17.9. The van der Waals surface area contributed by atoms with Crippen molar-refractivity contribution in [2.75, 3.05) is 11.9 Å². The van der Waals surface area contributed by atoms with Crippen molar-refractivity contribution < 1.29 is 23.1 Å². The van der Waals surface area contributed by atoms with Crippen molar-refractivity contribution in [2.45, 2.75) is 25.3 Å². The maximum atomic E-state index is 13.6. The lowest BCUT2D eigenvalue weighted by atomic mass is 9.98. The molecule has 1 atom stereocenters. The first-order valence-corrected chi connectivity index (χ1v) is 12.5. The molecule has 3 heterocycles. The van der Waals surface area contributed by atoms with Gasteiger partial charge in [-0.05, 0) is 52.9 Å². The van der Waals surface area contributed by atoms with Gasteiger partial charge in [0, 0.05) is 35.2 Å². The topological polar surface area (TPSA) is 77.4 Å². The molecule has 188 valence electrons. The maximum absolute atomic E-state index is 13.6. The number of pyridine rings is 1. The van der Waals surface area contributed by atoms with Crippen LogP contribution >= 0.6 is 11.3 Å². The molecule has 37 heavy (non-hydrogen) atoms. The zero-order valence-electron chi connectivity index (χ0n) is 19.6. The van der Waals surface area contributed by atoms with Crippen molar-refractivity contribution in [3.8, 4) is 5.75 Å². The number of thiophene rings is 1. The summed E-state index contributed by atoms with van der Waals surface area (Å²) in [5, 5.41) is 4.71. The number of carbonyl (C=O) groups is 2. The van der Waals surface area contributed by atoms with Crippen molar-refractivity contribution in [2.24, 2.45) is 0 Å². The van der Waals surface area contributed by atoms with E-state index in [9.17, 15) is 23.2 Å². The summed E-state index contributed by atoms with van der Waals surface area (Å²) in [7, 11) is 0. The molecule has 0 saturated heterocycles. The number of hydrogen-bond acceptors (Lipinski definition) is 5. The van der Waals surface area contributed by atoms with Crippen LogP contribution in [0.4, 0.5) is 14.5 Å². The molecule has 1 N–H and O–H groups in total. The van der Waals surface area contributed by atoms with Crippen LogP contribution < -0.4 is 15.6 Å². The molecule has 0 spiro atoms. The lowest BCUT2D eigenvalue weighted by Gasteiger charge is -2.17. The van der Waals surface area contributed by atoms with E-state index in [-0.39, 0.29) is 42.7 Å². The molecule has 5 rings (SSSR count). The van der Waals surface area contributed by atoms with E-state index in [1.54, 1.807) is 18.2 Å². The van der Waals surface area contributed by atoms with Crippen molar-refractivity contribution in [3.63, 3.8) is 0 Å². The van der Waals surface area contributed by atoms with Crippen molar-refractivity contribution in [1.82, 2.24) is 4.57 Å². The lowest BCUT2D eigenvalue weighted by molar-refractivity contribution is -0.115. The Hall–Kier alpha value is -4.11. The fourth-order valence-electron chi connectivity index (χ4n) is 4.29. The summed E-state index contributed by atoms with van der Waals surface area (Å²) in [5.74, 6) is -2.09. The minimum absolute atomic E-state index is 0.00346. The van der Waals surface area contributed by atoms with Crippen molar-refractivity contribution >= 4 is 28.7 Å². The Morgan fingerprint density at radius 2 is 1.92 bits per heavy atom. The van der Waals surface area contributed by atoms with Crippen LogP contribution in [0.2, 0.25) is 0 Å². The molecule has 0 saturated carbocycles. The van der Waals surface area contributed by atoms with Gasteiger partial charge in [0.2, 0.25) is 5.91 Å². The zero-order chi connectivity index (χ0) is 25.9. The SMILES string of the molecule is O=C1Cc2ccc(OC[C@@H](CC(=O)c3cccn(Cc4ccc(F)c(F)c4)c3=O)c3cccs3)cc2N1. The highest BCUT2D eigenvalue weighted by Gasteiger charge is 2.23. The number of nitrogens with one attached hydrogen (secondary N) is 1. The smallest absolute Gasteiger partial charge is 0.261 e. The molecule has 0 radical (unpaired) electrons. The Kier molecular flexibility index (Phi) is 6.96. The molecule has 1 aliphatic heterocycles. The average Bonchev–Trinajstić information content (AvgIpc) is 3.54. The molecule has 1 amide bonds. The van der Waals surface area contributed by atoms with Crippen LogP contribution in [0.3, 0.4) is 0 Å². The summed E-state index contributed by atoms with van der Waals surface area (Å²) >= 11 is 1.50. The Morgan fingerprint density at radius 1 is 1.05 bits per heavy atom. The van der Waals surface area contributed by atoms with Crippen molar-refractivity contribution in [1.29, 1.82) is 0 Å². The van der Waals surface area contributed by atoms with Gasteiger partial charge >= 0.3 is 0 Å². The number of nitrogens with zero attached hydrogens (tertiary/aromatic N) is 1. The number of aromatic nitrogens is 1. The second-order valence-electron chi connectivity index (χ2n) is 8.80. The van der Waals surface area contributed by atoms with E-state index in [4.69, 9.17) is 4.74 Å². The Labute approximate surface area is 215 Å². The molecule has 2 aromatic carbocycles. The molecule has 9 heteroatoms. The number of Topliss-reactive ketones (excluding diaryl/α,β-unsaturated/α-hetero) is 1. The summed E-state index contributed by atoms with van der Waals surface area (Å²) in [6, 6.07) is 15.7. The molecule has 1 aliphatic rings. The molecule has 0 unspecified atom stereocenters. The second-order valence-corrected chi connectivity index (χ2v) is 9.78. The van der Waals surface area contributed by atoms with Crippen LogP contribution in [-0.2, 0) is 17.8 Å². The predicted molar refractivity (Wildman–Crippen MR) is 136 cm³/mol. The van der Waals surface area contributed by atoms with Gasteiger partial charge in [0.05, 0.1) is 25.1 Å². The number of rotatable bonds is 9. The molecule has 0 fully saturated rings. The van der Waals surface area contributed by atoms with Crippen LogP contribution in [0.25, 0.3) is 0 Å². The minimum atomic E-state index is -0.998. The third kappa shape index (κ3) is 5.51. The van der Waals surface area contributed by atoms with Gasteiger partial charge < -0.3 is 14.6 Å². The van der Waals surface area contributed by atoms with E-state index in [2.05, 4.69) is 5.32 Å². The number of ether oxygens (including phenoxy) is 1. The summed E-state index contributed by atoms with van der Waals surface area (Å²) in [6.45, 7) is 0.207. The first kappa shape index (κ1) is 24.6. The van der Waals surface area contributed by atoms with E-state index in [1.165, 1.54) is 34.2 Å². The number of benzene rings is 2. The largest absolute Gasteiger partial charge is 0.493 e. The summed E-state index contributed by atoms with van der Waals surface area (Å²) < 4.78 is 34.2. The third-order valence-electron chi connectivity index (χ3n) is 6.19. The number of anilines is 1. The molecule has 0 aliphatic carbocycles. The van der Waals surface area contributed by atoms with Crippen LogP contribution in [0.1, 0.15) is 38.7 Å². The van der Waals surface area contributed by atoms with Crippen LogP contribution in [-0.4, -0.2) is 22.9 Å². The monoisotopic (exact) mass is 520 g/mol. The quantitative estimate of drug-likeness (QED) is 0.309. The highest BCUT2D eigenvalue weighted by Crippen LogP contribution is 2.30. The fraction of sp³-hybridized carbons (Fsp3) is 0.179. The predicted octanol–water partition coefficient (Wildman–Crippen LogP) is 5.17. The van der Waals surface area contributed by atoms with E-state index in [0.29, 0.717) is 17.7 Å². The standard InChI is InChI=1S/C28H22F2N2O4S/c29-22-8-5-17(11-23(22)30)15-32-9-1-3-21(28(32)35)25(33)12-19(26-4-2-10-37-26)16-36-20-7-6-18-13-27(34)31-24(18)14-20/h1-11,14,19H,12-13,15-16H2,(H,31,34)/t19-/m1/s1. The number of halogens is 2. The summed E-state index contributed by atoms with van der Waals surface area (Å²) in [4.78, 5) is 38.9. The van der Waals surface area contributed by atoms with Crippen molar-refractivity contribution in [3.05, 3.63) is 116 Å². The van der Waals surface area contributed by atoms with Gasteiger partial charge in [-0.15, -0.1) is 11.3 Å². The molecule has 4 aromatic rings. The third-order valence-corrected chi connectivity index (χ3v) is 7.23. The normalized spacial score (nSPS) is 13.2. The Morgan fingerprint density at radius 3 is 2.70 bits per heavy atom. The zero-order valence-corrected chi connectivity index (χ0v) is 20.4. The van der Waals surface area contributed by atoms with Gasteiger partial charge in [0.15, 0.2) is 17.4 Å². The van der Waals surface area contributed by atoms with E-state index >= 15 is 0 Å². The van der Waals surface area contributed by atoms with Gasteiger partial charge in [-0.25, -0.2) is 8.78 Å². The lowest BCUT2D eigenvalue weighted by Crippen LogP contribution is -2.27. The van der Waals surface area contributed by atoms with Gasteiger partial charge in [0.25, 0.3) is 5.56 Å². The number of amides is 1. The number of ketones is 1. The van der Waals surface area contributed by atoms with Gasteiger partial charge in [0.1, 0.15) is 5.75 Å². The Bertz CT molecular complexity index is 1530. The van der Waals surface area contributed by atoms with E-state index < -0.39 is 17.2 Å². The Balaban J connectivity index is 1.32. The van der Waals surface area contributed by atoms with Crippen LogP contribution in [0, 0.1) is 11.6 Å². The molecule has 2 aromatic heterocycles. The molecular formula is C28H22F2N2O4S. The summed E-state index contributed by atoms with van der Waals surface area (Å²) in [5.41, 5.74) is 1.55. The van der Waals surface area contributed by atoms with Crippen LogP contribution in [0.5, 0.6) is 5.75 Å². The van der Waals surface area contributed by atoms with Gasteiger partial charge in [-0.2, -0.15) is 0 Å². The van der Waals surface area contributed by atoms with Gasteiger partial charge in [-0.1, -0.05) is 18.2 Å². The number of hydrogen-bond donors (Lipinski definition) is 1. The molecule has 0 bridgehead atoms. The van der Waals surface area contributed by atoms with E-state index in [1.807, 2.05) is 23.6 Å². The second kappa shape index (κ2) is 10.5. The maximum Gasteiger partial charge on any atom is 0.261 e. The fourth-order valence-corrected chi connectivity index (χ4v) is 5.10. The number of carbonyl (C=O) groups excluding carboxylic acids is 2. The van der Waals surface area contributed by atoms with E-state index in [0.717, 1.165) is 28.3 Å². The average molecular weight is 521 g/mol.